The van der Waals surface area contributed by atoms with Crippen molar-refractivity contribution in [2.24, 2.45) is 0 Å². The lowest BCUT2D eigenvalue weighted by Crippen LogP contribution is -2.22. The highest BCUT2D eigenvalue weighted by atomic mass is 16.1. The van der Waals surface area contributed by atoms with Crippen LogP contribution in [0.15, 0.2) is 47.4 Å². The number of carbonyl (C=O) groups is 1. The number of nitrogens with zero attached hydrogens (tertiary/aromatic N) is 2. The first-order valence-electron chi connectivity index (χ1n) is 6.56. The minimum absolute atomic E-state index is 0.125. The lowest BCUT2D eigenvalue weighted by molar-refractivity contribution is -0.116. The van der Waals surface area contributed by atoms with Crippen LogP contribution < -0.4 is 10.9 Å². The molecule has 21 heavy (non-hydrogen) atoms. The zero-order valence-electron chi connectivity index (χ0n) is 11.7. The fourth-order valence-corrected chi connectivity index (χ4v) is 1.92. The molecule has 0 aliphatic heterocycles. The van der Waals surface area contributed by atoms with Crippen LogP contribution in [0.2, 0.25) is 0 Å². The van der Waals surface area contributed by atoms with Crippen LogP contribution in [0, 0.1) is 18.3 Å². The van der Waals surface area contributed by atoms with Gasteiger partial charge in [-0.3, -0.25) is 9.59 Å². The molecule has 0 aliphatic rings. The SMILES string of the molecule is Cc1ccn(CCC(=O)Nc2ccccc2C#N)c(=O)c1. The van der Waals surface area contributed by atoms with Crippen LogP contribution in [0.1, 0.15) is 17.5 Å². The molecule has 0 fully saturated rings. The Hall–Kier alpha value is -2.87. The van der Waals surface area contributed by atoms with E-state index in [1.54, 1.807) is 30.5 Å². The summed E-state index contributed by atoms with van der Waals surface area (Å²) in [5.74, 6) is -0.231. The summed E-state index contributed by atoms with van der Waals surface area (Å²) in [7, 11) is 0. The van der Waals surface area contributed by atoms with Gasteiger partial charge in [-0.15, -0.1) is 0 Å². The van der Waals surface area contributed by atoms with Crippen LogP contribution in [-0.2, 0) is 11.3 Å². The Morgan fingerprint density at radius 2 is 2.10 bits per heavy atom. The molecule has 1 amide bonds. The summed E-state index contributed by atoms with van der Waals surface area (Å²) in [5.41, 5.74) is 1.67. The molecule has 1 aromatic carbocycles. The molecule has 1 N–H and O–H groups in total. The largest absolute Gasteiger partial charge is 0.325 e. The third kappa shape index (κ3) is 3.80. The molecular formula is C16H15N3O2. The minimum atomic E-state index is -0.231. The van der Waals surface area contributed by atoms with Gasteiger partial charge in [0, 0.05) is 25.2 Å². The molecule has 0 radical (unpaired) electrons. The van der Waals surface area contributed by atoms with Gasteiger partial charge in [-0.05, 0) is 30.7 Å². The fraction of sp³-hybridized carbons (Fsp3) is 0.188. The van der Waals surface area contributed by atoms with Gasteiger partial charge >= 0.3 is 0 Å². The summed E-state index contributed by atoms with van der Waals surface area (Å²) in [6.07, 6.45) is 1.84. The normalized spacial score (nSPS) is 9.90. The van der Waals surface area contributed by atoms with E-state index in [0.29, 0.717) is 17.8 Å². The van der Waals surface area contributed by atoms with Gasteiger partial charge in [0.1, 0.15) is 6.07 Å². The molecule has 0 saturated heterocycles. The van der Waals surface area contributed by atoms with Crippen molar-refractivity contribution in [3.8, 4) is 6.07 Å². The summed E-state index contributed by atoms with van der Waals surface area (Å²) in [5, 5.41) is 11.6. The van der Waals surface area contributed by atoms with Crippen molar-refractivity contribution >= 4 is 11.6 Å². The van der Waals surface area contributed by atoms with Gasteiger partial charge in [-0.1, -0.05) is 12.1 Å². The van der Waals surface area contributed by atoms with E-state index >= 15 is 0 Å². The molecule has 5 heteroatoms. The average Bonchev–Trinajstić information content (AvgIpc) is 2.47. The molecule has 0 atom stereocenters. The average molecular weight is 281 g/mol. The molecule has 0 aliphatic carbocycles. The maximum Gasteiger partial charge on any atom is 0.250 e. The topological polar surface area (TPSA) is 74.9 Å². The first kappa shape index (κ1) is 14.5. The monoisotopic (exact) mass is 281 g/mol. The van der Waals surface area contributed by atoms with Crippen molar-refractivity contribution in [2.75, 3.05) is 5.32 Å². The molecule has 2 aromatic rings. The Morgan fingerprint density at radius 3 is 2.81 bits per heavy atom. The molecule has 0 bridgehead atoms. The number of nitrogens with one attached hydrogen (secondary N) is 1. The number of benzene rings is 1. The fourth-order valence-electron chi connectivity index (χ4n) is 1.92. The molecular weight excluding hydrogens is 266 g/mol. The second kappa shape index (κ2) is 6.53. The van der Waals surface area contributed by atoms with Crippen molar-refractivity contribution in [1.82, 2.24) is 4.57 Å². The van der Waals surface area contributed by atoms with Gasteiger partial charge < -0.3 is 9.88 Å². The van der Waals surface area contributed by atoms with E-state index in [4.69, 9.17) is 5.26 Å². The van der Waals surface area contributed by atoms with E-state index in [1.807, 2.05) is 19.1 Å². The number of hydrogen-bond donors (Lipinski definition) is 1. The second-order valence-corrected chi connectivity index (χ2v) is 4.69. The number of aryl methyl sites for hydroxylation is 2. The summed E-state index contributed by atoms with van der Waals surface area (Å²) < 4.78 is 1.49. The number of pyridine rings is 1. The van der Waals surface area contributed by atoms with Crippen LogP contribution in [0.5, 0.6) is 0 Å². The first-order chi connectivity index (χ1) is 10.1. The number of hydrogen-bond acceptors (Lipinski definition) is 3. The van der Waals surface area contributed by atoms with Gasteiger partial charge in [0.25, 0.3) is 5.56 Å². The van der Waals surface area contributed by atoms with Crippen LogP contribution in [-0.4, -0.2) is 10.5 Å². The van der Waals surface area contributed by atoms with Crippen LogP contribution in [0.25, 0.3) is 0 Å². The molecule has 5 nitrogen and oxygen atoms in total. The number of anilines is 1. The third-order valence-corrected chi connectivity index (χ3v) is 3.05. The predicted octanol–water partition coefficient (Wildman–Crippen LogP) is 2.06. The van der Waals surface area contributed by atoms with E-state index in [-0.39, 0.29) is 17.9 Å². The van der Waals surface area contributed by atoms with Gasteiger partial charge in [-0.25, -0.2) is 0 Å². The van der Waals surface area contributed by atoms with Crippen molar-refractivity contribution in [1.29, 1.82) is 5.26 Å². The van der Waals surface area contributed by atoms with E-state index in [1.165, 1.54) is 10.6 Å². The standard InChI is InChI=1S/C16H15N3O2/c1-12-6-8-19(16(21)10-12)9-7-15(20)18-14-5-3-2-4-13(14)11-17/h2-6,8,10H,7,9H2,1H3,(H,18,20). The molecule has 0 saturated carbocycles. The number of nitriles is 1. The number of para-hydroxylation sites is 1. The quantitative estimate of drug-likeness (QED) is 0.932. The lowest BCUT2D eigenvalue weighted by atomic mass is 10.2. The number of rotatable bonds is 4. The van der Waals surface area contributed by atoms with E-state index in [0.717, 1.165) is 5.56 Å². The van der Waals surface area contributed by atoms with Gasteiger partial charge in [0.2, 0.25) is 5.91 Å². The molecule has 2 rings (SSSR count). The van der Waals surface area contributed by atoms with Gasteiger partial charge in [0.15, 0.2) is 0 Å². The molecule has 0 spiro atoms. The minimum Gasteiger partial charge on any atom is -0.325 e. The molecule has 106 valence electrons. The zero-order chi connectivity index (χ0) is 15.2. The Bertz CT molecular complexity index is 757. The second-order valence-electron chi connectivity index (χ2n) is 4.69. The first-order valence-corrected chi connectivity index (χ1v) is 6.56. The Labute approximate surface area is 122 Å². The van der Waals surface area contributed by atoms with Gasteiger partial charge in [-0.2, -0.15) is 5.26 Å². The van der Waals surface area contributed by atoms with Crippen molar-refractivity contribution in [3.05, 3.63) is 64.1 Å². The van der Waals surface area contributed by atoms with Crippen molar-refractivity contribution in [2.45, 2.75) is 19.9 Å². The molecule has 1 aromatic heterocycles. The van der Waals surface area contributed by atoms with E-state index < -0.39 is 0 Å². The molecule has 1 heterocycles. The predicted molar refractivity (Wildman–Crippen MR) is 79.8 cm³/mol. The van der Waals surface area contributed by atoms with Gasteiger partial charge in [0.05, 0.1) is 11.3 Å². The van der Waals surface area contributed by atoms with Crippen LogP contribution in [0.3, 0.4) is 0 Å². The summed E-state index contributed by atoms with van der Waals surface area (Å²) in [6.45, 7) is 2.15. The summed E-state index contributed by atoms with van der Waals surface area (Å²) in [6, 6.07) is 12.2. The summed E-state index contributed by atoms with van der Waals surface area (Å²) in [4.78, 5) is 23.6. The van der Waals surface area contributed by atoms with E-state index in [9.17, 15) is 9.59 Å². The molecule has 0 unspecified atom stereocenters. The van der Waals surface area contributed by atoms with E-state index in [2.05, 4.69) is 5.32 Å². The zero-order valence-corrected chi connectivity index (χ0v) is 11.7. The summed E-state index contributed by atoms with van der Waals surface area (Å²) >= 11 is 0. The van der Waals surface area contributed by atoms with Crippen LogP contribution >= 0.6 is 0 Å². The third-order valence-electron chi connectivity index (χ3n) is 3.05. The highest BCUT2D eigenvalue weighted by molar-refractivity contribution is 5.92. The number of amides is 1. The maximum absolute atomic E-state index is 11.9. The number of aromatic nitrogens is 1. The van der Waals surface area contributed by atoms with Crippen molar-refractivity contribution in [3.63, 3.8) is 0 Å². The Morgan fingerprint density at radius 1 is 1.33 bits per heavy atom. The maximum atomic E-state index is 11.9. The van der Waals surface area contributed by atoms with Crippen LogP contribution in [0.4, 0.5) is 5.69 Å². The Kier molecular flexibility index (Phi) is 4.52. The Balaban J connectivity index is 1.99. The highest BCUT2D eigenvalue weighted by Crippen LogP contribution is 2.13. The number of carbonyl (C=O) groups excluding carboxylic acids is 1. The van der Waals surface area contributed by atoms with Crippen molar-refractivity contribution < 1.29 is 4.79 Å². The lowest BCUT2D eigenvalue weighted by Gasteiger charge is -2.08. The smallest absolute Gasteiger partial charge is 0.250 e. The highest BCUT2D eigenvalue weighted by Gasteiger charge is 2.07.